The molecule has 1 aliphatic heterocycles. The molecular weight excluding hydrogens is 342 g/mol. The zero-order chi connectivity index (χ0) is 18.0. The van der Waals surface area contributed by atoms with Gasteiger partial charge in [0.05, 0.1) is 17.3 Å². The Morgan fingerprint density at radius 1 is 1.28 bits per heavy atom. The molecular formula is C16H21N5O3S. The highest BCUT2D eigenvalue weighted by molar-refractivity contribution is 7.00. The molecule has 0 aromatic carbocycles. The molecule has 0 atom stereocenters. The van der Waals surface area contributed by atoms with E-state index in [2.05, 4.69) is 19.0 Å². The fourth-order valence-electron chi connectivity index (χ4n) is 2.69. The lowest BCUT2D eigenvalue weighted by molar-refractivity contribution is 0.0473. The number of nitrogens with zero attached hydrogens (tertiary/aromatic N) is 4. The van der Waals surface area contributed by atoms with Crippen LogP contribution in [0.5, 0.6) is 0 Å². The summed E-state index contributed by atoms with van der Waals surface area (Å²) in [5.41, 5.74) is 1.19. The number of likely N-dealkylation sites (tertiary alicyclic amines) is 1. The van der Waals surface area contributed by atoms with Gasteiger partial charge >= 0.3 is 6.09 Å². The number of pyridine rings is 1. The Kier molecular flexibility index (Phi) is 4.85. The molecule has 2 amide bonds. The van der Waals surface area contributed by atoms with Gasteiger partial charge in [0.1, 0.15) is 11.1 Å². The fourth-order valence-corrected chi connectivity index (χ4v) is 3.17. The zero-order valence-corrected chi connectivity index (χ0v) is 15.3. The Hall–Kier alpha value is -2.29. The molecule has 1 fully saturated rings. The van der Waals surface area contributed by atoms with Gasteiger partial charge in [-0.3, -0.25) is 4.79 Å². The molecule has 0 radical (unpaired) electrons. The van der Waals surface area contributed by atoms with E-state index in [1.54, 1.807) is 11.0 Å². The van der Waals surface area contributed by atoms with Gasteiger partial charge in [0.2, 0.25) is 0 Å². The molecule has 3 heterocycles. The van der Waals surface area contributed by atoms with Crippen molar-refractivity contribution in [2.75, 3.05) is 13.1 Å². The van der Waals surface area contributed by atoms with E-state index in [1.165, 1.54) is 6.20 Å². The van der Waals surface area contributed by atoms with Gasteiger partial charge < -0.3 is 15.0 Å². The topological polar surface area (TPSA) is 97.3 Å². The minimum Gasteiger partial charge on any atom is -0.444 e. The Labute approximate surface area is 149 Å². The summed E-state index contributed by atoms with van der Waals surface area (Å²) in [6, 6.07) is 1.74. The first-order valence-electron chi connectivity index (χ1n) is 8.19. The third-order valence-electron chi connectivity index (χ3n) is 3.86. The molecule has 1 N–H and O–H groups in total. The molecule has 1 saturated heterocycles. The van der Waals surface area contributed by atoms with Crippen molar-refractivity contribution in [1.82, 2.24) is 23.9 Å². The Morgan fingerprint density at radius 3 is 2.68 bits per heavy atom. The lowest BCUT2D eigenvalue weighted by atomic mass is 10.0. The summed E-state index contributed by atoms with van der Waals surface area (Å²) in [6.07, 6.45) is 2.51. The lowest BCUT2D eigenvalue weighted by Gasteiger charge is -2.32. The second-order valence-corrected chi connectivity index (χ2v) is 7.57. The van der Waals surface area contributed by atoms with Gasteiger partial charge in [0, 0.05) is 25.3 Å². The Balaban J connectivity index is 1.54. The third kappa shape index (κ3) is 4.41. The summed E-state index contributed by atoms with van der Waals surface area (Å²) in [7, 11) is 0. The SMILES string of the molecule is CC(C)(C)OC(=O)NC1CCN(C(=O)c2cnc3nsnc3c2)CC1. The van der Waals surface area contributed by atoms with Crippen LogP contribution in [0, 0.1) is 0 Å². The van der Waals surface area contributed by atoms with E-state index < -0.39 is 11.7 Å². The number of amides is 2. The van der Waals surface area contributed by atoms with Crippen molar-refractivity contribution in [1.29, 1.82) is 0 Å². The van der Waals surface area contributed by atoms with Crippen molar-refractivity contribution < 1.29 is 14.3 Å². The molecule has 134 valence electrons. The van der Waals surface area contributed by atoms with Crippen LogP contribution in [0.15, 0.2) is 12.3 Å². The van der Waals surface area contributed by atoms with Crippen LogP contribution < -0.4 is 5.32 Å². The van der Waals surface area contributed by atoms with Crippen molar-refractivity contribution >= 4 is 34.9 Å². The molecule has 9 heteroatoms. The van der Waals surface area contributed by atoms with Gasteiger partial charge in [-0.1, -0.05) is 0 Å². The van der Waals surface area contributed by atoms with Crippen LogP contribution >= 0.6 is 11.7 Å². The largest absolute Gasteiger partial charge is 0.444 e. The van der Waals surface area contributed by atoms with E-state index in [0.29, 0.717) is 42.7 Å². The molecule has 2 aromatic rings. The van der Waals surface area contributed by atoms with E-state index in [-0.39, 0.29) is 11.9 Å². The standard InChI is InChI=1S/C16H21N5O3S/c1-16(2,3)24-15(23)18-11-4-6-21(7-5-11)14(22)10-8-12-13(17-9-10)20-25-19-12/h8-9,11H,4-7H2,1-3H3,(H,18,23). The maximum absolute atomic E-state index is 12.6. The lowest BCUT2D eigenvalue weighted by Crippen LogP contribution is -2.47. The number of fused-ring (bicyclic) bond motifs is 1. The third-order valence-corrected chi connectivity index (χ3v) is 4.40. The second-order valence-electron chi connectivity index (χ2n) is 7.04. The number of nitrogens with one attached hydrogen (secondary N) is 1. The van der Waals surface area contributed by atoms with Gasteiger partial charge in [-0.2, -0.15) is 8.75 Å². The normalized spacial score (nSPS) is 16.0. The maximum atomic E-state index is 12.6. The molecule has 1 aliphatic rings. The van der Waals surface area contributed by atoms with E-state index in [4.69, 9.17) is 4.74 Å². The summed E-state index contributed by atoms with van der Waals surface area (Å²) in [5, 5.41) is 2.87. The summed E-state index contributed by atoms with van der Waals surface area (Å²) in [4.78, 5) is 30.4. The fraction of sp³-hybridized carbons (Fsp3) is 0.562. The first-order chi connectivity index (χ1) is 11.8. The molecule has 2 aromatic heterocycles. The van der Waals surface area contributed by atoms with Crippen molar-refractivity contribution in [3.05, 3.63) is 17.8 Å². The molecule has 0 spiro atoms. The number of hydrogen-bond acceptors (Lipinski definition) is 7. The zero-order valence-electron chi connectivity index (χ0n) is 14.5. The Bertz CT molecular complexity index is 777. The number of aromatic nitrogens is 3. The van der Waals surface area contributed by atoms with Crippen LogP contribution in [0.1, 0.15) is 44.0 Å². The van der Waals surface area contributed by atoms with Gasteiger partial charge in [-0.15, -0.1) is 0 Å². The predicted molar refractivity (Wildman–Crippen MR) is 93.5 cm³/mol. The number of ether oxygens (including phenoxy) is 1. The van der Waals surface area contributed by atoms with Crippen LogP contribution in [0.25, 0.3) is 11.2 Å². The monoisotopic (exact) mass is 363 g/mol. The summed E-state index contributed by atoms with van der Waals surface area (Å²) < 4.78 is 13.4. The molecule has 0 saturated carbocycles. The van der Waals surface area contributed by atoms with Crippen molar-refractivity contribution in [3.63, 3.8) is 0 Å². The number of alkyl carbamates (subject to hydrolysis) is 1. The summed E-state index contributed by atoms with van der Waals surface area (Å²) >= 11 is 1.08. The van der Waals surface area contributed by atoms with Gasteiger partial charge in [0.25, 0.3) is 5.91 Å². The number of carbonyl (C=O) groups is 2. The van der Waals surface area contributed by atoms with Crippen molar-refractivity contribution in [2.45, 2.75) is 45.3 Å². The van der Waals surface area contributed by atoms with E-state index in [0.717, 1.165) is 11.7 Å². The summed E-state index contributed by atoms with van der Waals surface area (Å²) in [6.45, 7) is 6.64. The predicted octanol–water partition coefficient (Wildman–Crippen LogP) is 2.22. The van der Waals surface area contributed by atoms with Crippen molar-refractivity contribution in [2.24, 2.45) is 0 Å². The van der Waals surface area contributed by atoms with Crippen molar-refractivity contribution in [3.8, 4) is 0 Å². The van der Waals surface area contributed by atoms with Gasteiger partial charge in [0.15, 0.2) is 5.65 Å². The average molecular weight is 363 g/mol. The quantitative estimate of drug-likeness (QED) is 0.879. The Morgan fingerprint density at radius 2 is 2.00 bits per heavy atom. The molecule has 0 unspecified atom stereocenters. The highest BCUT2D eigenvalue weighted by Gasteiger charge is 2.26. The second kappa shape index (κ2) is 6.91. The van der Waals surface area contributed by atoms with Crippen LogP contribution in [-0.2, 0) is 4.74 Å². The molecule has 0 aliphatic carbocycles. The highest BCUT2D eigenvalue weighted by atomic mass is 32.1. The van der Waals surface area contributed by atoms with Gasteiger partial charge in [-0.05, 0) is 39.7 Å². The molecule has 0 bridgehead atoms. The minimum absolute atomic E-state index is 0.0160. The molecule has 25 heavy (non-hydrogen) atoms. The number of carbonyl (C=O) groups excluding carboxylic acids is 2. The number of piperidine rings is 1. The molecule has 3 rings (SSSR count). The minimum atomic E-state index is -0.517. The number of rotatable bonds is 2. The average Bonchev–Trinajstić information content (AvgIpc) is 3.00. The first-order valence-corrected chi connectivity index (χ1v) is 8.92. The van der Waals surface area contributed by atoms with E-state index >= 15 is 0 Å². The summed E-state index contributed by atoms with van der Waals surface area (Å²) in [5.74, 6) is -0.0712. The van der Waals surface area contributed by atoms with Crippen LogP contribution in [0.3, 0.4) is 0 Å². The van der Waals surface area contributed by atoms with Crippen LogP contribution in [-0.4, -0.2) is 55.4 Å². The van der Waals surface area contributed by atoms with Crippen LogP contribution in [0.4, 0.5) is 4.79 Å². The van der Waals surface area contributed by atoms with Crippen LogP contribution in [0.2, 0.25) is 0 Å². The smallest absolute Gasteiger partial charge is 0.407 e. The first kappa shape index (κ1) is 17.5. The van der Waals surface area contributed by atoms with E-state index in [9.17, 15) is 9.59 Å². The highest BCUT2D eigenvalue weighted by Crippen LogP contribution is 2.17. The maximum Gasteiger partial charge on any atom is 0.407 e. The molecule has 8 nitrogen and oxygen atoms in total. The van der Waals surface area contributed by atoms with E-state index in [1.807, 2.05) is 20.8 Å². The number of hydrogen-bond donors (Lipinski definition) is 1. The van der Waals surface area contributed by atoms with Gasteiger partial charge in [-0.25, -0.2) is 9.78 Å².